The summed E-state index contributed by atoms with van der Waals surface area (Å²) in [7, 11) is 0. The molecule has 9 nitrogen and oxygen atoms in total. The van der Waals surface area contributed by atoms with Gasteiger partial charge in [-0.15, -0.1) is 5.10 Å². The number of carbonyl (C=O) groups excluding carboxylic acids is 1. The maximum absolute atomic E-state index is 13.0. The van der Waals surface area contributed by atoms with Gasteiger partial charge in [0.2, 0.25) is 11.8 Å². The third kappa shape index (κ3) is 2.23. The summed E-state index contributed by atoms with van der Waals surface area (Å²) in [6.07, 6.45) is 8.99. The Labute approximate surface area is 149 Å². The summed E-state index contributed by atoms with van der Waals surface area (Å²) in [5, 5.41) is 4.27. The van der Waals surface area contributed by atoms with Crippen LogP contribution in [0.25, 0.3) is 5.78 Å². The van der Waals surface area contributed by atoms with Crippen molar-refractivity contribution in [3.8, 4) is 0 Å². The molecular weight excluding hydrogens is 332 g/mol. The number of piperidine rings is 1. The van der Waals surface area contributed by atoms with E-state index in [2.05, 4.69) is 25.0 Å². The highest BCUT2D eigenvalue weighted by Crippen LogP contribution is 2.44. The molecule has 1 unspecified atom stereocenters. The summed E-state index contributed by atoms with van der Waals surface area (Å²) >= 11 is 0. The number of hydrogen-bond donors (Lipinski definition) is 1. The van der Waals surface area contributed by atoms with Crippen molar-refractivity contribution < 1.29 is 4.79 Å². The first-order valence-corrected chi connectivity index (χ1v) is 8.73. The predicted molar refractivity (Wildman–Crippen MR) is 92.4 cm³/mol. The van der Waals surface area contributed by atoms with Gasteiger partial charge in [-0.2, -0.15) is 4.98 Å². The minimum absolute atomic E-state index is 0.141. The molecule has 26 heavy (non-hydrogen) atoms. The molecule has 1 fully saturated rings. The Morgan fingerprint density at radius 2 is 2.15 bits per heavy atom. The number of amides is 1. The van der Waals surface area contributed by atoms with Gasteiger partial charge >= 0.3 is 0 Å². The zero-order valence-electron chi connectivity index (χ0n) is 14.2. The molecule has 1 atom stereocenters. The minimum atomic E-state index is -0.162. The lowest BCUT2D eigenvalue weighted by molar-refractivity contribution is 0.0621. The van der Waals surface area contributed by atoms with Gasteiger partial charge in [-0.3, -0.25) is 4.79 Å². The number of hydrogen-bond acceptors (Lipinski definition) is 7. The molecule has 1 saturated heterocycles. The SMILES string of the molecule is Nc1ncc2c(n1)C1(CCCN(C(=O)c3nc4ncccn4n3)C1)CC2. The van der Waals surface area contributed by atoms with E-state index < -0.39 is 0 Å². The third-order valence-electron chi connectivity index (χ3n) is 5.43. The van der Waals surface area contributed by atoms with E-state index in [0.29, 0.717) is 24.8 Å². The van der Waals surface area contributed by atoms with Gasteiger partial charge in [0.25, 0.3) is 11.7 Å². The number of aromatic nitrogens is 6. The zero-order valence-corrected chi connectivity index (χ0v) is 14.2. The number of anilines is 1. The summed E-state index contributed by atoms with van der Waals surface area (Å²) in [5.74, 6) is 0.738. The second-order valence-corrected chi connectivity index (χ2v) is 7.01. The number of rotatable bonds is 1. The van der Waals surface area contributed by atoms with Gasteiger partial charge in [0, 0.05) is 37.1 Å². The Kier molecular flexibility index (Phi) is 3.18. The van der Waals surface area contributed by atoms with E-state index in [1.807, 2.05) is 11.1 Å². The molecule has 1 aliphatic heterocycles. The summed E-state index contributed by atoms with van der Waals surface area (Å²) in [4.78, 5) is 31.8. The number of likely N-dealkylation sites (tertiary alicyclic amines) is 1. The molecule has 0 radical (unpaired) electrons. The zero-order chi connectivity index (χ0) is 17.7. The van der Waals surface area contributed by atoms with Crippen LogP contribution in [-0.4, -0.2) is 53.4 Å². The lowest BCUT2D eigenvalue weighted by Gasteiger charge is -2.40. The molecule has 0 bridgehead atoms. The third-order valence-corrected chi connectivity index (χ3v) is 5.43. The number of aryl methyl sites for hydroxylation is 1. The molecule has 4 heterocycles. The van der Waals surface area contributed by atoms with Crippen molar-refractivity contribution in [3.05, 3.63) is 41.7 Å². The highest BCUT2D eigenvalue weighted by atomic mass is 16.2. The van der Waals surface area contributed by atoms with Crippen LogP contribution >= 0.6 is 0 Å². The fraction of sp³-hybridized carbons (Fsp3) is 0.412. The minimum Gasteiger partial charge on any atom is -0.368 e. The molecule has 132 valence electrons. The molecule has 1 amide bonds. The Hall–Kier alpha value is -3.10. The van der Waals surface area contributed by atoms with E-state index in [1.165, 1.54) is 4.52 Å². The van der Waals surface area contributed by atoms with E-state index in [9.17, 15) is 4.79 Å². The molecule has 2 aliphatic rings. The first-order chi connectivity index (χ1) is 12.6. The van der Waals surface area contributed by atoms with Crippen molar-refractivity contribution in [1.82, 2.24) is 34.4 Å². The fourth-order valence-electron chi connectivity index (χ4n) is 4.22. The number of fused-ring (bicyclic) bond motifs is 3. The summed E-state index contributed by atoms with van der Waals surface area (Å²) in [6, 6.07) is 1.76. The van der Waals surface area contributed by atoms with Gasteiger partial charge in [-0.05, 0) is 37.3 Å². The molecule has 0 aromatic carbocycles. The van der Waals surface area contributed by atoms with E-state index in [0.717, 1.165) is 36.9 Å². The van der Waals surface area contributed by atoms with Gasteiger partial charge in [0.05, 0.1) is 5.69 Å². The van der Waals surface area contributed by atoms with Gasteiger partial charge < -0.3 is 10.6 Å². The van der Waals surface area contributed by atoms with Crippen LogP contribution in [-0.2, 0) is 11.8 Å². The topological polar surface area (TPSA) is 115 Å². The first kappa shape index (κ1) is 15.2. The van der Waals surface area contributed by atoms with Crippen LogP contribution in [0.15, 0.2) is 24.7 Å². The number of nitrogen functional groups attached to an aromatic ring is 1. The van der Waals surface area contributed by atoms with Crippen molar-refractivity contribution in [2.45, 2.75) is 31.1 Å². The number of nitrogens with zero attached hydrogens (tertiary/aromatic N) is 7. The Morgan fingerprint density at radius 3 is 3.04 bits per heavy atom. The summed E-state index contributed by atoms with van der Waals surface area (Å²) < 4.78 is 1.52. The lowest BCUT2D eigenvalue weighted by Crippen LogP contribution is -2.48. The van der Waals surface area contributed by atoms with Crippen molar-refractivity contribution in [3.63, 3.8) is 0 Å². The van der Waals surface area contributed by atoms with Gasteiger partial charge in [-0.25, -0.2) is 19.5 Å². The second kappa shape index (κ2) is 5.45. The largest absolute Gasteiger partial charge is 0.368 e. The van der Waals surface area contributed by atoms with Crippen molar-refractivity contribution in [2.24, 2.45) is 0 Å². The van der Waals surface area contributed by atoms with Crippen LogP contribution in [0.1, 0.15) is 41.1 Å². The molecule has 1 spiro atoms. The Bertz CT molecular complexity index is 978. The lowest BCUT2D eigenvalue weighted by atomic mass is 9.77. The quantitative estimate of drug-likeness (QED) is 0.684. The van der Waals surface area contributed by atoms with E-state index >= 15 is 0 Å². The molecule has 0 saturated carbocycles. The average molecular weight is 350 g/mol. The van der Waals surface area contributed by atoms with Gasteiger partial charge in [0.1, 0.15) is 0 Å². The smallest absolute Gasteiger partial charge is 0.293 e. The van der Waals surface area contributed by atoms with E-state index in [-0.39, 0.29) is 17.1 Å². The second-order valence-electron chi connectivity index (χ2n) is 7.01. The van der Waals surface area contributed by atoms with Crippen molar-refractivity contribution in [1.29, 1.82) is 0 Å². The molecular formula is C17H18N8O. The van der Waals surface area contributed by atoms with E-state index in [4.69, 9.17) is 5.73 Å². The maximum atomic E-state index is 13.0. The fourth-order valence-corrected chi connectivity index (χ4v) is 4.22. The highest BCUT2D eigenvalue weighted by Gasteiger charge is 2.45. The van der Waals surface area contributed by atoms with Gasteiger partial charge in [0.15, 0.2) is 0 Å². The van der Waals surface area contributed by atoms with Crippen LogP contribution in [0.2, 0.25) is 0 Å². The normalized spacial score (nSPS) is 22.1. The van der Waals surface area contributed by atoms with Crippen LogP contribution in [0, 0.1) is 0 Å². The van der Waals surface area contributed by atoms with Crippen molar-refractivity contribution >= 4 is 17.6 Å². The Morgan fingerprint density at radius 1 is 1.23 bits per heavy atom. The highest BCUT2D eigenvalue weighted by molar-refractivity contribution is 5.91. The summed E-state index contributed by atoms with van der Waals surface area (Å²) in [6.45, 7) is 1.30. The van der Waals surface area contributed by atoms with Gasteiger partial charge in [-0.1, -0.05) is 0 Å². The summed E-state index contributed by atoms with van der Waals surface area (Å²) in [5.41, 5.74) is 7.82. The Balaban J connectivity index is 1.46. The monoisotopic (exact) mass is 350 g/mol. The molecule has 1 aliphatic carbocycles. The molecule has 3 aromatic heterocycles. The standard InChI is InChI=1S/C17H18N8O/c18-15-20-9-11-3-5-17(12(11)21-15)4-1-7-24(10-17)14(26)13-22-16-19-6-2-8-25(16)23-13/h2,6,8-9H,1,3-5,7,10H2,(H2,18,20,21). The maximum Gasteiger partial charge on any atom is 0.293 e. The van der Waals surface area contributed by atoms with Crippen LogP contribution in [0.3, 0.4) is 0 Å². The van der Waals surface area contributed by atoms with E-state index in [1.54, 1.807) is 18.5 Å². The first-order valence-electron chi connectivity index (χ1n) is 8.73. The van der Waals surface area contributed by atoms with Crippen LogP contribution in [0.5, 0.6) is 0 Å². The van der Waals surface area contributed by atoms with Crippen LogP contribution in [0.4, 0.5) is 5.95 Å². The number of nitrogens with two attached hydrogens (primary N) is 1. The molecule has 9 heteroatoms. The predicted octanol–water partition coefficient (Wildman–Crippen LogP) is 0.617. The molecule has 3 aromatic rings. The van der Waals surface area contributed by atoms with Crippen molar-refractivity contribution in [2.75, 3.05) is 18.8 Å². The molecule has 5 rings (SSSR count). The number of carbonyl (C=O) groups is 1. The molecule has 2 N–H and O–H groups in total. The average Bonchev–Trinajstić information content (AvgIpc) is 3.24. The van der Waals surface area contributed by atoms with Crippen LogP contribution < -0.4 is 5.73 Å².